The molecule has 0 aliphatic rings. The molecule has 1 N–H and O–H groups in total. The predicted molar refractivity (Wildman–Crippen MR) is 62.3 cm³/mol. The largest absolute Gasteiger partial charge is 0.395 e. The number of aliphatic hydroxyl groups is 1. The van der Waals surface area contributed by atoms with E-state index >= 15 is 0 Å². The zero-order valence-corrected chi connectivity index (χ0v) is 9.39. The van der Waals surface area contributed by atoms with Crippen LogP contribution in [0, 0.1) is 11.3 Å². The number of anilines is 1. The maximum absolute atomic E-state index is 8.96. The van der Waals surface area contributed by atoms with Gasteiger partial charge in [-0.25, -0.2) is 0 Å². The minimum atomic E-state index is 0.101. The van der Waals surface area contributed by atoms with Gasteiger partial charge in [0.15, 0.2) is 0 Å². The fourth-order valence-electron chi connectivity index (χ4n) is 1.44. The fraction of sp³-hybridized carbons (Fsp3) is 0.417. The lowest BCUT2D eigenvalue weighted by atomic mass is 10.2. The average Bonchev–Trinajstić information content (AvgIpc) is 2.35. The van der Waals surface area contributed by atoms with Crippen LogP contribution >= 0.6 is 0 Å². The van der Waals surface area contributed by atoms with E-state index in [0.29, 0.717) is 18.7 Å². The van der Waals surface area contributed by atoms with E-state index in [9.17, 15) is 0 Å². The number of aliphatic hydroxyl groups excluding tert-OH is 1. The molecular weight excluding hydrogens is 204 g/mol. The third kappa shape index (κ3) is 3.54. The Morgan fingerprint density at radius 2 is 2.00 bits per heavy atom. The van der Waals surface area contributed by atoms with Gasteiger partial charge in [-0.05, 0) is 24.3 Å². The van der Waals surface area contributed by atoms with Crippen LogP contribution in [0.4, 0.5) is 5.69 Å². The monoisotopic (exact) mass is 220 g/mol. The van der Waals surface area contributed by atoms with Gasteiger partial charge in [-0.15, -0.1) is 0 Å². The quantitative estimate of drug-likeness (QED) is 0.777. The van der Waals surface area contributed by atoms with E-state index in [2.05, 4.69) is 6.07 Å². The second kappa shape index (κ2) is 6.83. The van der Waals surface area contributed by atoms with Gasteiger partial charge in [0, 0.05) is 25.9 Å². The van der Waals surface area contributed by atoms with Gasteiger partial charge in [0.2, 0.25) is 0 Å². The molecule has 1 rings (SSSR count). The summed E-state index contributed by atoms with van der Waals surface area (Å²) in [5, 5.41) is 17.7. The van der Waals surface area contributed by atoms with Crippen molar-refractivity contribution in [1.29, 1.82) is 5.26 Å². The van der Waals surface area contributed by atoms with Crippen LogP contribution in [0.2, 0.25) is 0 Å². The summed E-state index contributed by atoms with van der Waals surface area (Å²) in [7, 11) is 1.65. The molecule has 0 aromatic heterocycles. The SMILES string of the molecule is COCCN(CCO)c1ccc(C#N)cc1. The molecule has 0 bridgehead atoms. The van der Waals surface area contributed by atoms with Crippen LogP contribution in [0.1, 0.15) is 5.56 Å². The minimum Gasteiger partial charge on any atom is -0.395 e. The molecule has 0 radical (unpaired) electrons. The van der Waals surface area contributed by atoms with Gasteiger partial charge in [-0.1, -0.05) is 0 Å². The van der Waals surface area contributed by atoms with Crippen LogP contribution in [0.5, 0.6) is 0 Å². The maximum Gasteiger partial charge on any atom is 0.0991 e. The molecule has 16 heavy (non-hydrogen) atoms. The Morgan fingerprint density at radius 1 is 1.31 bits per heavy atom. The molecule has 86 valence electrons. The Balaban J connectivity index is 2.72. The maximum atomic E-state index is 8.96. The van der Waals surface area contributed by atoms with Gasteiger partial charge < -0.3 is 14.7 Å². The molecule has 1 aromatic rings. The molecule has 0 aliphatic carbocycles. The molecule has 0 fully saturated rings. The minimum absolute atomic E-state index is 0.101. The van der Waals surface area contributed by atoms with E-state index < -0.39 is 0 Å². The van der Waals surface area contributed by atoms with Crippen LogP contribution < -0.4 is 4.90 Å². The third-order valence-corrected chi connectivity index (χ3v) is 2.30. The van der Waals surface area contributed by atoms with Gasteiger partial charge in [0.25, 0.3) is 0 Å². The first-order valence-electron chi connectivity index (χ1n) is 5.16. The summed E-state index contributed by atoms with van der Waals surface area (Å²) in [6.07, 6.45) is 0. The van der Waals surface area contributed by atoms with Crippen molar-refractivity contribution in [3.05, 3.63) is 29.8 Å². The molecule has 0 spiro atoms. The highest BCUT2D eigenvalue weighted by atomic mass is 16.5. The average molecular weight is 220 g/mol. The molecule has 0 unspecified atom stereocenters. The van der Waals surface area contributed by atoms with Gasteiger partial charge in [0.05, 0.1) is 24.8 Å². The zero-order valence-electron chi connectivity index (χ0n) is 9.39. The standard InChI is InChI=1S/C12H16N2O2/c1-16-9-7-14(6-8-15)12-4-2-11(10-13)3-5-12/h2-5,15H,6-9H2,1H3. The first-order valence-corrected chi connectivity index (χ1v) is 5.16. The smallest absolute Gasteiger partial charge is 0.0991 e. The molecule has 0 saturated heterocycles. The van der Waals surface area contributed by atoms with Crippen LogP contribution in [-0.2, 0) is 4.74 Å². The summed E-state index contributed by atoms with van der Waals surface area (Å²) in [4.78, 5) is 2.02. The number of methoxy groups -OCH3 is 1. The molecule has 0 aliphatic heterocycles. The molecule has 4 nitrogen and oxygen atoms in total. The van der Waals surface area contributed by atoms with Crippen molar-refractivity contribution in [2.24, 2.45) is 0 Å². The summed E-state index contributed by atoms with van der Waals surface area (Å²) < 4.78 is 5.01. The van der Waals surface area contributed by atoms with Crippen LogP contribution in [0.15, 0.2) is 24.3 Å². The lowest BCUT2D eigenvalue weighted by molar-refractivity contribution is 0.203. The van der Waals surface area contributed by atoms with E-state index in [0.717, 1.165) is 12.2 Å². The van der Waals surface area contributed by atoms with Crippen molar-refractivity contribution in [1.82, 2.24) is 0 Å². The molecule has 0 amide bonds. The Kier molecular flexibility index (Phi) is 5.34. The predicted octanol–water partition coefficient (Wildman–Crippen LogP) is 1.00. The van der Waals surface area contributed by atoms with E-state index in [1.54, 1.807) is 19.2 Å². The Morgan fingerprint density at radius 3 is 2.50 bits per heavy atom. The second-order valence-electron chi connectivity index (χ2n) is 3.36. The summed E-state index contributed by atoms with van der Waals surface area (Å²) in [5.74, 6) is 0. The van der Waals surface area contributed by atoms with Gasteiger partial charge >= 0.3 is 0 Å². The highest BCUT2D eigenvalue weighted by Gasteiger charge is 2.05. The summed E-state index contributed by atoms with van der Waals surface area (Å²) in [6, 6.07) is 9.37. The topological polar surface area (TPSA) is 56.5 Å². The fourth-order valence-corrected chi connectivity index (χ4v) is 1.44. The van der Waals surface area contributed by atoms with Crippen LogP contribution in [0.25, 0.3) is 0 Å². The zero-order chi connectivity index (χ0) is 11.8. The number of benzene rings is 1. The summed E-state index contributed by atoms with van der Waals surface area (Å²) >= 11 is 0. The number of hydrogen-bond acceptors (Lipinski definition) is 4. The molecule has 0 saturated carbocycles. The number of rotatable bonds is 6. The van der Waals surface area contributed by atoms with E-state index in [4.69, 9.17) is 15.1 Å². The molecule has 0 heterocycles. The van der Waals surface area contributed by atoms with E-state index in [1.807, 2.05) is 17.0 Å². The van der Waals surface area contributed by atoms with Gasteiger partial charge in [0.1, 0.15) is 0 Å². The molecule has 0 atom stereocenters. The molecule has 4 heteroatoms. The third-order valence-electron chi connectivity index (χ3n) is 2.30. The highest BCUT2D eigenvalue weighted by molar-refractivity contribution is 5.49. The lowest BCUT2D eigenvalue weighted by Crippen LogP contribution is -2.30. The van der Waals surface area contributed by atoms with E-state index in [-0.39, 0.29) is 6.61 Å². The number of ether oxygens (including phenoxy) is 1. The van der Waals surface area contributed by atoms with Crippen molar-refractivity contribution in [3.63, 3.8) is 0 Å². The summed E-state index contributed by atoms with van der Waals surface area (Å²) in [5.41, 5.74) is 1.63. The molecular formula is C12H16N2O2. The normalized spacial score (nSPS) is 9.81. The van der Waals surface area contributed by atoms with Crippen molar-refractivity contribution < 1.29 is 9.84 Å². The Hall–Kier alpha value is -1.57. The number of nitriles is 1. The summed E-state index contributed by atoms with van der Waals surface area (Å²) in [6.45, 7) is 2.00. The highest BCUT2D eigenvalue weighted by Crippen LogP contribution is 2.14. The van der Waals surface area contributed by atoms with Gasteiger partial charge in [-0.2, -0.15) is 5.26 Å². The first-order chi connectivity index (χ1) is 7.81. The lowest BCUT2D eigenvalue weighted by Gasteiger charge is -2.23. The van der Waals surface area contributed by atoms with Gasteiger partial charge in [-0.3, -0.25) is 0 Å². The first kappa shape index (κ1) is 12.5. The van der Waals surface area contributed by atoms with Crippen LogP contribution in [0.3, 0.4) is 0 Å². The molecule has 1 aromatic carbocycles. The number of nitrogens with zero attached hydrogens (tertiary/aromatic N) is 2. The van der Waals surface area contributed by atoms with E-state index in [1.165, 1.54) is 0 Å². The van der Waals surface area contributed by atoms with Crippen molar-refractivity contribution in [2.75, 3.05) is 38.3 Å². The van der Waals surface area contributed by atoms with Crippen molar-refractivity contribution >= 4 is 5.69 Å². The second-order valence-corrected chi connectivity index (χ2v) is 3.36. The van der Waals surface area contributed by atoms with Crippen molar-refractivity contribution in [3.8, 4) is 6.07 Å². The Bertz CT molecular complexity index is 343. The Labute approximate surface area is 95.7 Å². The number of hydrogen-bond donors (Lipinski definition) is 1. The van der Waals surface area contributed by atoms with Crippen LogP contribution in [-0.4, -0.2) is 38.5 Å². The van der Waals surface area contributed by atoms with Crippen molar-refractivity contribution in [2.45, 2.75) is 0 Å².